The van der Waals surface area contributed by atoms with Crippen molar-refractivity contribution in [3.8, 4) is 12.3 Å². The van der Waals surface area contributed by atoms with Gasteiger partial charge in [-0.2, -0.15) is 0 Å². The molecule has 0 saturated heterocycles. The maximum absolute atomic E-state index is 11.8. The number of nitrogens with zero attached hydrogens (tertiary/aromatic N) is 1. The number of amides is 2. The van der Waals surface area contributed by atoms with Crippen LogP contribution in [0.25, 0.3) is 0 Å². The predicted octanol–water partition coefficient (Wildman–Crippen LogP) is 0.960. The molecule has 2 N–H and O–H groups in total. The second kappa shape index (κ2) is 8.20. The van der Waals surface area contributed by atoms with Crippen molar-refractivity contribution in [1.29, 1.82) is 0 Å². The molecule has 0 spiro atoms. The van der Waals surface area contributed by atoms with Gasteiger partial charge < -0.3 is 10.6 Å². The van der Waals surface area contributed by atoms with Gasteiger partial charge in [0, 0.05) is 10.7 Å². The van der Waals surface area contributed by atoms with E-state index in [0.717, 1.165) is 0 Å². The Morgan fingerprint density at radius 1 is 1.25 bits per heavy atom. The molecule has 2 amide bonds. The molecule has 0 aliphatic heterocycles. The minimum atomic E-state index is -0.218. The zero-order chi connectivity index (χ0) is 15.0. The molecular formula is C14H16ClN3O2. The Balaban J connectivity index is 2.36. The summed E-state index contributed by atoms with van der Waals surface area (Å²) in [7, 11) is 1.68. The van der Waals surface area contributed by atoms with Crippen molar-refractivity contribution in [2.75, 3.05) is 32.0 Å². The first-order valence-electron chi connectivity index (χ1n) is 5.95. The Morgan fingerprint density at radius 3 is 2.45 bits per heavy atom. The van der Waals surface area contributed by atoms with Crippen LogP contribution in [0.5, 0.6) is 0 Å². The van der Waals surface area contributed by atoms with Gasteiger partial charge in [0.2, 0.25) is 11.8 Å². The third-order valence-electron chi connectivity index (χ3n) is 2.34. The Labute approximate surface area is 123 Å². The number of terminal acetylenes is 1. The Bertz CT molecular complexity index is 508. The lowest BCUT2D eigenvalue weighted by atomic mass is 10.3. The number of hydrogen-bond acceptors (Lipinski definition) is 3. The van der Waals surface area contributed by atoms with Gasteiger partial charge in [-0.1, -0.05) is 17.5 Å². The van der Waals surface area contributed by atoms with Crippen molar-refractivity contribution >= 4 is 29.1 Å². The van der Waals surface area contributed by atoms with Gasteiger partial charge in [-0.25, -0.2) is 0 Å². The number of nitrogens with one attached hydrogen (secondary N) is 2. The molecule has 0 aromatic heterocycles. The van der Waals surface area contributed by atoms with Crippen LogP contribution >= 0.6 is 11.6 Å². The van der Waals surface area contributed by atoms with E-state index in [1.165, 1.54) is 0 Å². The fourth-order valence-corrected chi connectivity index (χ4v) is 1.61. The van der Waals surface area contributed by atoms with Crippen molar-refractivity contribution in [3.63, 3.8) is 0 Å². The number of carbonyl (C=O) groups excluding carboxylic acids is 2. The molecule has 0 radical (unpaired) electrons. The lowest BCUT2D eigenvalue weighted by molar-refractivity contribution is -0.122. The highest BCUT2D eigenvalue weighted by molar-refractivity contribution is 6.30. The number of carbonyl (C=O) groups is 2. The molecule has 6 heteroatoms. The SMILES string of the molecule is C#CCNC(=O)CN(C)CC(=O)Nc1ccc(Cl)cc1. The Morgan fingerprint density at radius 2 is 1.85 bits per heavy atom. The number of rotatable bonds is 6. The molecule has 0 fully saturated rings. The highest BCUT2D eigenvalue weighted by Gasteiger charge is 2.10. The van der Waals surface area contributed by atoms with Crippen molar-refractivity contribution < 1.29 is 9.59 Å². The molecule has 0 aliphatic carbocycles. The molecule has 0 bridgehead atoms. The van der Waals surface area contributed by atoms with E-state index in [2.05, 4.69) is 16.6 Å². The van der Waals surface area contributed by atoms with Crippen molar-refractivity contribution in [2.24, 2.45) is 0 Å². The predicted molar refractivity (Wildman–Crippen MR) is 79.4 cm³/mol. The van der Waals surface area contributed by atoms with Crippen LogP contribution in [0.4, 0.5) is 5.69 Å². The van der Waals surface area contributed by atoms with E-state index in [4.69, 9.17) is 18.0 Å². The van der Waals surface area contributed by atoms with Gasteiger partial charge in [0.15, 0.2) is 0 Å². The van der Waals surface area contributed by atoms with Gasteiger partial charge in [-0.05, 0) is 31.3 Å². The van der Waals surface area contributed by atoms with Crippen LogP contribution in [0.15, 0.2) is 24.3 Å². The quantitative estimate of drug-likeness (QED) is 0.768. The molecule has 5 nitrogen and oxygen atoms in total. The number of likely N-dealkylation sites (N-methyl/N-ethyl adjacent to an activating group) is 1. The Hall–Kier alpha value is -2.03. The van der Waals surface area contributed by atoms with Gasteiger partial charge in [0.25, 0.3) is 0 Å². The Kier molecular flexibility index (Phi) is 6.57. The zero-order valence-electron chi connectivity index (χ0n) is 11.1. The number of anilines is 1. The molecule has 20 heavy (non-hydrogen) atoms. The third-order valence-corrected chi connectivity index (χ3v) is 2.59. The van der Waals surface area contributed by atoms with Crippen molar-refractivity contribution in [1.82, 2.24) is 10.2 Å². The second-order valence-electron chi connectivity index (χ2n) is 4.21. The smallest absolute Gasteiger partial charge is 0.238 e. The molecule has 106 valence electrons. The zero-order valence-corrected chi connectivity index (χ0v) is 11.9. The van der Waals surface area contributed by atoms with E-state index in [0.29, 0.717) is 10.7 Å². The van der Waals surface area contributed by atoms with Crippen LogP contribution in [-0.2, 0) is 9.59 Å². The van der Waals surface area contributed by atoms with E-state index >= 15 is 0 Å². The number of hydrogen-bond donors (Lipinski definition) is 2. The lowest BCUT2D eigenvalue weighted by Crippen LogP contribution is -2.39. The van der Waals surface area contributed by atoms with Crippen LogP contribution in [0.1, 0.15) is 0 Å². The standard InChI is InChI=1S/C14H16ClN3O2/c1-3-8-16-13(19)9-18(2)10-14(20)17-12-6-4-11(15)5-7-12/h1,4-7H,8-10H2,2H3,(H,16,19)(H,17,20). The summed E-state index contributed by atoms with van der Waals surface area (Å²) in [6.07, 6.45) is 5.03. The summed E-state index contributed by atoms with van der Waals surface area (Å²) in [5.41, 5.74) is 0.657. The van der Waals surface area contributed by atoms with E-state index in [1.54, 1.807) is 36.2 Å². The molecule has 1 rings (SSSR count). The molecule has 1 aromatic rings. The summed E-state index contributed by atoms with van der Waals surface area (Å²) >= 11 is 5.75. The molecule has 0 heterocycles. The second-order valence-corrected chi connectivity index (χ2v) is 4.64. The largest absolute Gasteiger partial charge is 0.344 e. The normalized spacial score (nSPS) is 9.90. The van der Waals surface area contributed by atoms with Gasteiger partial charge in [-0.3, -0.25) is 14.5 Å². The molecular weight excluding hydrogens is 278 g/mol. The first kappa shape index (κ1) is 16.0. The van der Waals surface area contributed by atoms with Crippen molar-refractivity contribution in [2.45, 2.75) is 0 Å². The minimum Gasteiger partial charge on any atom is -0.344 e. The monoisotopic (exact) mass is 293 g/mol. The van der Waals surface area contributed by atoms with Crippen LogP contribution in [-0.4, -0.2) is 43.4 Å². The van der Waals surface area contributed by atoms with Crippen LogP contribution < -0.4 is 10.6 Å². The van der Waals surface area contributed by atoms with Crippen molar-refractivity contribution in [3.05, 3.63) is 29.3 Å². The molecule has 0 atom stereocenters. The average Bonchev–Trinajstić information content (AvgIpc) is 2.38. The topological polar surface area (TPSA) is 61.4 Å². The van der Waals surface area contributed by atoms with Gasteiger partial charge in [0.05, 0.1) is 19.6 Å². The minimum absolute atomic E-state index is 0.103. The van der Waals surface area contributed by atoms with E-state index < -0.39 is 0 Å². The van der Waals surface area contributed by atoms with Crippen LogP contribution in [0, 0.1) is 12.3 Å². The fraction of sp³-hybridized carbons (Fsp3) is 0.286. The highest BCUT2D eigenvalue weighted by atomic mass is 35.5. The molecule has 0 aliphatic rings. The number of benzene rings is 1. The van der Waals surface area contributed by atoms with E-state index in [-0.39, 0.29) is 31.4 Å². The first-order chi connectivity index (χ1) is 9.51. The maximum atomic E-state index is 11.8. The lowest BCUT2D eigenvalue weighted by Gasteiger charge is -2.15. The summed E-state index contributed by atoms with van der Waals surface area (Å²) in [4.78, 5) is 24.7. The first-order valence-corrected chi connectivity index (χ1v) is 6.33. The van der Waals surface area contributed by atoms with Crippen LogP contribution in [0.3, 0.4) is 0 Å². The summed E-state index contributed by atoms with van der Waals surface area (Å²) < 4.78 is 0. The van der Waals surface area contributed by atoms with Crippen LogP contribution in [0.2, 0.25) is 5.02 Å². The molecule has 0 saturated carbocycles. The fourth-order valence-electron chi connectivity index (χ4n) is 1.49. The van der Waals surface area contributed by atoms with Gasteiger partial charge >= 0.3 is 0 Å². The summed E-state index contributed by atoms with van der Waals surface area (Å²) in [5, 5.41) is 5.84. The average molecular weight is 294 g/mol. The summed E-state index contributed by atoms with van der Waals surface area (Å²) in [6.45, 7) is 0.394. The number of halogens is 1. The maximum Gasteiger partial charge on any atom is 0.238 e. The molecule has 0 unspecified atom stereocenters. The third kappa shape index (κ3) is 6.23. The highest BCUT2D eigenvalue weighted by Crippen LogP contribution is 2.13. The van der Waals surface area contributed by atoms with E-state index in [1.807, 2.05) is 0 Å². The van der Waals surface area contributed by atoms with Gasteiger partial charge in [-0.15, -0.1) is 6.42 Å². The van der Waals surface area contributed by atoms with Gasteiger partial charge in [0.1, 0.15) is 0 Å². The summed E-state index contributed by atoms with van der Waals surface area (Å²) in [5.74, 6) is 1.88. The van der Waals surface area contributed by atoms with E-state index in [9.17, 15) is 9.59 Å². The summed E-state index contributed by atoms with van der Waals surface area (Å²) in [6, 6.07) is 6.79. The molecule has 1 aromatic carbocycles.